The van der Waals surface area contributed by atoms with Crippen LogP contribution in [-0.4, -0.2) is 21.5 Å². The van der Waals surface area contributed by atoms with Gasteiger partial charge >= 0.3 is 56.8 Å². The summed E-state index contributed by atoms with van der Waals surface area (Å²) in [4.78, 5) is 4.08. The van der Waals surface area contributed by atoms with Crippen LogP contribution in [0, 0.1) is 6.92 Å². The summed E-state index contributed by atoms with van der Waals surface area (Å²) in [6.45, 7) is 2.03. The van der Waals surface area contributed by atoms with Crippen molar-refractivity contribution >= 4 is 21.0 Å². The van der Waals surface area contributed by atoms with Crippen LogP contribution in [0.3, 0.4) is 0 Å². The summed E-state index contributed by atoms with van der Waals surface area (Å²) >= 11 is 1.99. The molecule has 0 bridgehead atoms. The standard InChI is InChI=1S/C6H6GeN/c1-5-2-3-6(7)8-4-5/h2-4H,1H3. The summed E-state index contributed by atoms with van der Waals surface area (Å²) < 4.78 is 1.08. The Hall–Kier alpha value is -0.307. The van der Waals surface area contributed by atoms with Crippen LogP contribution in [0.2, 0.25) is 0 Å². The normalized spacial score (nSPS) is 9.25. The zero-order valence-electron chi connectivity index (χ0n) is 4.68. The van der Waals surface area contributed by atoms with Gasteiger partial charge < -0.3 is 0 Å². The number of rotatable bonds is 0. The van der Waals surface area contributed by atoms with Gasteiger partial charge in [-0.2, -0.15) is 0 Å². The van der Waals surface area contributed by atoms with Crippen LogP contribution in [0.25, 0.3) is 0 Å². The number of hydrogen-bond acceptors (Lipinski definition) is 1. The van der Waals surface area contributed by atoms with Gasteiger partial charge in [0.1, 0.15) is 0 Å². The van der Waals surface area contributed by atoms with E-state index < -0.39 is 0 Å². The van der Waals surface area contributed by atoms with E-state index in [2.05, 4.69) is 11.1 Å². The van der Waals surface area contributed by atoms with Gasteiger partial charge in [-0.05, 0) is 0 Å². The average molecular weight is 165 g/mol. The van der Waals surface area contributed by atoms with Crippen molar-refractivity contribution in [1.82, 2.24) is 4.98 Å². The Kier molecular flexibility index (Phi) is 1.68. The fourth-order valence-corrected chi connectivity index (χ4v) is 0.778. The number of nitrogens with zero attached hydrogens (tertiary/aromatic N) is 1. The molecule has 0 aliphatic rings. The van der Waals surface area contributed by atoms with Gasteiger partial charge in [0.15, 0.2) is 0 Å². The summed E-state index contributed by atoms with van der Waals surface area (Å²) in [5.74, 6) is 0. The summed E-state index contributed by atoms with van der Waals surface area (Å²) in [6, 6.07) is 4.07. The Morgan fingerprint density at radius 3 is 2.62 bits per heavy atom. The summed E-state index contributed by atoms with van der Waals surface area (Å²) in [5.41, 5.74) is 1.22. The topological polar surface area (TPSA) is 12.9 Å². The molecule has 0 aromatic carbocycles. The van der Waals surface area contributed by atoms with Crippen molar-refractivity contribution in [2.75, 3.05) is 0 Å². The van der Waals surface area contributed by atoms with Gasteiger partial charge in [-0.15, -0.1) is 0 Å². The van der Waals surface area contributed by atoms with E-state index in [4.69, 9.17) is 0 Å². The van der Waals surface area contributed by atoms with E-state index in [0.717, 1.165) is 4.53 Å². The molecule has 0 atom stereocenters. The molecule has 0 amide bonds. The van der Waals surface area contributed by atoms with E-state index in [1.807, 2.05) is 35.7 Å². The molecule has 1 aromatic heterocycles. The Labute approximate surface area is 57.4 Å². The van der Waals surface area contributed by atoms with Crippen molar-refractivity contribution in [3.8, 4) is 0 Å². The fourth-order valence-electron chi connectivity index (χ4n) is 0.468. The molecule has 0 aliphatic heterocycles. The van der Waals surface area contributed by atoms with E-state index in [1.165, 1.54) is 5.56 Å². The summed E-state index contributed by atoms with van der Waals surface area (Å²) in [7, 11) is 0. The monoisotopic (exact) mass is 166 g/mol. The average Bonchev–Trinajstić information content (AvgIpc) is 1.77. The summed E-state index contributed by atoms with van der Waals surface area (Å²) in [5, 5.41) is 0. The molecule has 1 rings (SSSR count). The van der Waals surface area contributed by atoms with Crippen LogP contribution in [0.5, 0.6) is 0 Å². The van der Waals surface area contributed by atoms with Gasteiger partial charge in [-0.1, -0.05) is 0 Å². The molecule has 39 valence electrons. The predicted molar refractivity (Wildman–Crippen MR) is 34.4 cm³/mol. The van der Waals surface area contributed by atoms with Gasteiger partial charge in [-0.3, -0.25) is 0 Å². The molecule has 0 saturated carbocycles. The van der Waals surface area contributed by atoms with Crippen molar-refractivity contribution in [3.05, 3.63) is 23.9 Å². The Morgan fingerprint density at radius 1 is 1.50 bits per heavy atom. The molecule has 1 nitrogen and oxygen atoms in total. The number of pyridine rings is 1. The Morgan fingerprint density at radius 2 is 2.25 bits per heavy atom. The van der Waals surface area contributed by atoms with Crippen molar-refractivity contribution in [2.45, 2.75) is 6.92 Å². The van der Waals surface area contributed by atoms with E-state index in [-0.39, 0.29) is 0 Å². The molecule has 3 radical (unpaired) electrons. The van der Waals surface area contributed by atoms with Gasteiger partial charge in [-0.25, -0.2) is 0 Å². The van der Waals surface area contributed by atoms with Crippen LogP contribution >= 0.6 is 0 Å². The number of aryl methyl sites for hydroxylation is 1. The minimum absolute atomic E-state index is 1.08. The van der Waals surface area contributed by atoms with Crippen LogP contribution in [0.4, 0.5) is 0 Å². The SMILES string of the molecule is Cc1cc[c]([Ge])nc1. The molecular weight excluding hydrogens is 159 g/mol. The number of aromatic nitrogens is 1. The molecular formula is C6H6GeN. The molecule has 0 fully saturated rings. The van der Waals surface area contributed by atoms with Crippen LogP contribution in [-0.2, 0) is 0 Å². The van der Waals surface area contributed by atoms with Gasteiger partial charge in [0.25, 0.3) is 0 Å². The molecule has 0 aliphatic carbocycles. The van der Waals surface area contributed by atoms with Crippen molar-refractivity contribution < 1.29 is 0 Å². The first-order valence-corrected chi connectivity index (χ1v) is 3.48. The Balaban J connectivity index is 3.03. The zero-order valence-corrected chi connectivity index (χ0v) is 6.78. The molecule has 0 spiro atoms. The van der Waals surface area contributed by atoms with E-state index >= 15 is 0 Å². The van der Waals surface area contributed by atoms with Crippen molar-refractivity contribution in [3.63, 3.8) is 0 Å². The van der Waals surface area contributed by atoms with Gasteiger partial charge in [0.2, 0.25) is 0 Å². The second-order valence-electron chi connectivity index (χ2n) is 1.72. The maximum atomic E-state index is 4.08. The second kappa shape index (κ2) is 2.31. The quantitative estimate of drug-likeness (QED) is 0.499. The van der Waals surface area contributed by atoms with E-state index in [9.17, 15) is 0 Å². The molecule has 0 N–H and O–H groups in total. The van der Waals surface area contributed by atoms with Crippen molar-refractivity contribution in [2.24, 2.45) is 0 Å². The van der Waals surface area contributed by atoms with E-state index in [1.54, 1.807) is 0 Å². The molecule has 1 aromatic rings. The zero-order chi connectivity index (χ0) is 5.98. The van der Waals surface area contributed by atoms with Gasteiger partial charge in [0, 0.05) is 0 Å². The first kappa shape index (κ1) is 5.82. The molecule has 1 heterocycles. The number of hydrogen-bond donors (Lipinski definition) is 0. The van der Waals surface area contributed by atoms with Crippen LogP contribution in [0.15, 0.2) is 18.3 Å². The molecule has 8 heavy (non-hydrogen) atoms. The first-order valence-electron chi connectivity index (χ1n) is 2.43. The van der Waals surface area contributed by atoms with Crippen LogP contribution in [0.1, 0.15) is 5.56 Å². The van der Waals surface area contributed by atoms with Gasteiger partial charge in [0.05, 0.1) is 0 Å². The maximum absolute atomic E-state index is 4.08. The second-order valence-corrected chi connectivity index (χ2v) is 2.80. The Bertz CT molecular complexity index is 147. The van der Waals surface area contributed by atoms with Crippen LogP contribution < -0.4 is 4.53 Å². The van der Waals surface area contributed by atoms with E-state index in [0.29, 0.717) is 0 Å². The molecule has 2 heteroatoms. The molecule has 0 unspecified atom stereocenters. The summed E-state index contributed by atoms with van der Waals surface area (Å²) in [6.07, 6.45) is 1.87. The first-order chi connectivity index (χ1) is 3.79. The third kappa shape index (κ3) is 1.33. The minimum atomic E-state index is 1.08. The molecule has 0 saturated heterocycles. The third-order valence-electron chi connectivity index (χ3n) is 0.911. The fraction of sp³-hybridized carbons (Fsp3) is 0.167. The predicted octanol–water partition coefficient (Wildman–Crippen LogP) is 0.184. The third-order valence-corrected chi connectivity index (χ3v) is 1.53. The van der Waals surface area contributed by atoms with Crippen molar-refractivity contribution in [1.29, 1.82) is 0 Å².